The lowest BCUT2D eigenvalue weighted by Gasteiger charge is -2.13. The molecule has 0 aliphatic heterocycles. The Hall–Kier alpha value is -3.26. The van der Waals surface area contributed by atoms with E-state index in [0.717, 1.165) is 9.25 Å². The van der Waals surface area contributed by atoms with E-state index >= 15 is 0 Å². The molecule has 0 aliphatic carbocycles. The number of amides is 1. The van der Waals surface area contributed by atoms with Gasteiger partial charge < -0.3 is 5.32 Å². The van der Waals surface area contributed by atoms with Crippen molar-refractivity contribution in [1.82, 2.24) is 19.7 Å². The van der Waals surface area contributed by atoms with Crippen LogP contribution in [-0.2, 0) is 6.54 Å². The maximum Gasteiger partial charge on any atom is 0.352 e. The first-order valence-electron chi connectivity index (χ1n) is 8.81. The number of nitrogens with one attached hydrogen (secondary N) is 1. The lowest BCUT2D eigenvalue weighted by Crippen LogP contribution is -2.46. The van der Waals surface area contributed by atoms with E-state index in [-0.39, 0.29) is 18.3 Å². The highest BCUT2D eigenvalue weighted by atomic mass is 35.5. The number of carbonyl (C=O) groups is 1. The minimum atomic E-state index is -0.865. The average Bonchev–Trinajstić information content (AvgIpc) is 2.64. The Bertz CT molecular complexity index is 1190. The second kappa shape index (κ2) is 8.40. The van der Waals surface area contributed by atoms with Crippen molar-refractivity contribution in [3.8, 4) is 5.69 Å². The number of aromatic nitrogens is 3. The van der Waals surface area contributed by atoms with Crippen LogP contribution in [0.4, 0.5) is 4.39 Å². The molecule has 0 saturated carbocycles. The summed E-state index contributed by atoms with van der Waals surface area (Å²) in [6.07, 6.45) is 0. The van der Waals surface area contributed by atoms with Crippen LogP contribution in [-0.4, -0.2) is 26.3 Å². The largest absolute Gasteiger partial charge is 0.352 e. The zero-order valence-corrected chi connectivity index (χ0v) is 16.5. The number of hydrogen-bond acceptors (Lipinski definition) is 4. The minimum absolute atomic E-state index is 0.222. The molecule has 7 nitrogen and oxygen atoms in total. The highest BCUT2D eigenvalue weighted by Gasteiger charge is 2.21. The third kappa shape index (κ3) is 4.60. The van der Waals surface area contributed by atoms with Crippen molar-refractivity contribution in [1.29, 1.82) is 0 Å². The number of nitrogens with zero attached hydrogens (tertiary/aromatic N) is 3. The molecule has 1 N–H and O–H groups in total. The standard InChI is InChI=1S/C20H18ClFN4O3/c1-12(2)23-18(27)17-19(28)25(11-13-5-3-7-15(22)9-13)20(29)26(24-17)16-8-4-6-14(21)10-16/h3-10,12H,11H2,1-2H3,(H,23,27). The molecule has 1 amide bonds. The predicted molar refractivity (Wildman–Crippen MR) is 107 cm³/mol. The van der Waals surface area contributed by atoms with Gasteiger partial charge in [0, 0.05) is 11.1 Å². The summed E-state index contributed by atoms with van der Waals surface area (Å²) in [5, 5.41) is 6.93. The van der Waals surface area contributed by atoms with Gasteiger partial charge in [0.1, 0.15) is 5.82 Å². The van der Waals surface area contributed by atoms with Crippen molar-refractivity contribution in [2.75, 3.05) is 0 Å². The molecule has 2 aromatic carbocycles. The predicted octanol–water partition coefficient (Wildman–Crippen LogP) is 2.37. The van der Waals surface area contributed by atoms with E-state index in [2.05, 4.69) is 10.4 Å². The fraction of sp³-hybridized carbons (Fsp3) is 0.200. The summed E-state index contributed by atoms with van der Waals surface area (Å²) in [5.41, 5.74) is -1.41. The quantitative estimate of drug-likeness (QED) is 0.692. The van der Waals surface area contributed by atoms with Gasteiger partial charge in [-0.3, -0.25) is 14.2 Å². The molecular formula is C20H18ClFN4O3. The van der Waals surface area contributed by atoms with Gasteiger partial charge in [0.05, 0.1) is 12.2 Å². The second-order valence-electron chi connectivity index (χ2n) is 6.67. The number of hydrogen-bond donors (Lipinski definition) is 1. The Kier molecular flexibility index (Phi) is 5.93. The molecule has 0 bridgehead atoms. The fourth-order valence-electron chi connectivity index (χ4n) is 2.72. The molecule has 0 aliphatic rings. The van der Waals surface area contributed by atoms with Gasteiger partial charge in [-0.25, -0.2) is 9.18 Å². The molecule has 0 fully saturated rings. The summed E-state index contributed by atoms with van der Waals surface area (Å²) >= 11 is 6.00. The summed E-state index contributed by atoms with van der Waals surface area (Å²) in [6.45, 7) is 3.24. The summed E-state index contributed by atoms with van der Waals surface area (Å²) in [6, 6.07) is 11.6. The first-order valence-corrected chi connectivity index (χ1v) is 9.19. The van der Waals surface area contributed by atoms with Crippen molar-refractivity contribution in [3.63, 3.8) is 0 Å². The van der Waals surface area contributed by atoms with E-state index in [1.54, 1.807) is 38.1 Å². The molecule has 0 radical (unpaired) electrons. The zero-order chi connectivity index (χ0) is 21.1. The van der Waals surface area contributed by atoms with E-state index in [0.29, 0.717) is 10.6 Å². The SMILES string of the molecule is CC(C)NC(=O)c1nn(-c2cccc(Cl)c2)c(=O)n(Cc2cccc(F)c2)c1=O. The Labute approximate surface area is 170 Å². The maximum absolute atomic E-state index is 13.5. The molecule has 9 heteroatoms. The van der Waals surface area contributed by atoms with Gasteiger partial charge in [-0.1, -0.05) is 29.8 Å². The van der Waals surface area contributed by atoms with Gasteiger partial charge in [0.25, 0.3) is 11.5 Å². The molecular weight excluding hydrogens is 399 g/mol. The number of carbonyl (C=O) groups excluding carboxylic acids is 1. The van der Waals surface area contributed by atoms with E-state index in [9.17, 15) is 18.8 Å². The smallest absolute Gasteiger partial charge is 0.348 e. The van der Waals surface area contributed by atoms with Crippen LogP contribution in [0.5, 0.6) is 0 Å². The summed E-state index contributed by atoms with van der Waals surface area (Å²) in [4.78, 5) is 38.3. The van der Waals surface area contributed by atoms with Gasteiger partial charge in [-0.2, -0.15) is 9.78 Å². The molecule has 0 unspecified atom stereocenters. The lowest BCUT2D eigenvalue weighted by atomic mass is 10.2. The maximum atomic E-state index is 13.5. The van der Waals surface area contributed by atoms with E-state index in [1.807, 2.05) is 0 Å². The molecule has 1 heterocycles. The van der Waals surface area contributed by atoms with Crippen LogP contribution in [0, 0.1) is 5.82 Å². The van der Waals surface area contributed by atoms with Crippen LogP contribution in [0.15, 0.2) is 58.1 Å². The molecule has 150 valence electrons. The van der Waals surface area contributed by atoms with Crippen LogP contribution in [0.2, 0.25) is 5.02 Å². The molecule has 3 rings (SSSR count). The molecule has 0 atom stereocenters. The number of benzene rings is 2. The first kappa shape index (κ1) is 20.5. The lowest BCUT2D eigenvalue weighted by molar-refractivity contribution is 0.0933. The zero-order valence-electron chi connectivity index (χ0n) is 15.7. The van der Waals surface area contributed by atoms with E-state index in [4.69, 9.17) is 11.6 Å². The Morgan fingerprint density at radius 2 is 1.90 bits per heavy atom. The third-order valence-corrected chi connectivity index (χ3v) is 4.21. The highest BCUT2D eigenvalue weighted by Crippen LogP contribution is 2.12. The fourth-order valence-corrected chi connectivity index (χ4v) is 2.91. The molecule has 0 saturated heterocycles. The van der Waals surface area contributed by atoms with Crippen molar-refractivity contribution >= 4 is 17.5 Å². The van der Waals surface area contributed by atoms with Crippen LogP contribution in [0.1, 0.15) is 29.9 Å². The first-order chi connectivity index (χ1) is 13.8. The van der Waals surface area contributed by atoms with Crippen molar-refractivity contribution in [2.45, 2.75) is 26.4 Å². The number of rotatable bonds is 5. The average molecular weight is 417 g/mol. The Balaban J connectivity index is 2.22. The van der Waals surface area contributed by atoms with Crippen molar-refractivity contribution < 1.29 is 9.18 Å². The van der Waals surface area contributed by atoms with Crippen molar-refractivity contribution in [3.05, 3.63) is 91.5 Å². The monoisotopic (exact) mass is 416 g/mol. The van der Waals surface area contributed by atoms with Crippen LogP contribution in [0.25, 0.3) is 5.69 Å². The second-order valence-corrected chi connectivity index (χ2v) is 7.11. The number of halogens is 2. The van der Waals surface area contributed by atoms with Gasteiger partial charge in [0.2, 0.25) is 5.69 Å². The summed E-state index contributed by atoms with van der Waals surface area (Å²) in [7, 11) is 0. The van der Waals surface area contributed by atoms with Crippen LogP contribution < -0.4 is 16.6 Å². The van der Waals surface area contributed by atoms with E-state index < -0.39 is 28.7 Å². The van der Waals surface area contributed by atoms with Crippen LogP contribution in [0.3, 0.4) is 0 Å². The normalized spacial score (nSPS) is 10.9. The molecule has 3 aromatic rings. The van der Waals surface area contributed by atoms with Gasteiger partial charge >= 0.3 is 5.69 Å². The Morgan fingerprint density at radius 3 is 2.55 bits per heavy atom. The minimum Gasteiger partial charge on any atom is -0.348 e. The summed E-state index contributed by atoms with van der Waals surface area (Å²) in [5.74, 6) is -1.22. The van der Waals surface area contributed by atoms with Crippen molar-refractivity contribution in [2.24, 2.45) is 0 Å². The summed E-state index contributed by atoms with van der Waals surface area (Å²) < 4.78 is 15.3. The van der Waals surface area contributed by atoms with Crippen LogP contribution >= 0.6 is 11.6 Å². The highest BCUT2D eigenvalue weighted by molar-refractivity contribution is 6.30. The molecule has 29 heavy (non-hydrogen) atoms. The topological polar surface area (TPSA) is 86.0 Å². The third-order valence-electron chi connectivity index (χ3n) is 3.98. The molecule has 1 aromatic heterocycles. The van der Waals surface area contributed by atoms with Gasteiger partial charge in [-0.05, 0) is 49.7 Å². The molecule has 0 spiro atoms. The van der Waals surface area contributed by atoms with E-state index in [1.165, 1.54) is 24.3 Å². The Morgan fingerprint density at radius 1 is 1.17 bits per heavy atom. The van der Waals surface area contributed by atoms with Gasteiger partial charge in [-0.15, -0.1) is 0 Å². The van der Waals surface area contributed by atoms with Gasteiger partial charge in [0.15, 0.2) is 0 Å².